The molecule has 0 saturated heterocycles. The molecule has 0 atom stereocenters. The fraction of sp³-hybridized carbons (Fsp3) is 0.100. The number of fused-ring (bicyclic) bond motifs is 1. The van der Waals surface area contributed by atoms with Crippen LogP contribution < -0.4 is 14.9 Å². The summed E-state index contributed by atoms with van der Waals surface area (Å²) in [4.78, 5) is 12.6. The van der Waals surface area contributed by atoms with Crippen molar-refractivity contribution < 1.29 is 19.4 Å². The van der Waals surface area contributed by atoms with Gasteiger partial charge in [0.15, 0.2) is 11.5 Å². The van der Waals surface area contributed by atoms with Gasteiger partial charge >= 0.3 is 0 Å². The summed E-state index contributed by atoms with van der Waals surface area (Å²) in [6.07, 6.45) is 1.42. The number of hydrazone groups is 1. The quantitative estimate of drug-likeness (QED) is 0.188. The van der Waals surface area contributed by atoms with Crippen molar-refractivity contribution in [3.63, 3.8) is 0 Å². The highest BCUT2D eigenvalue weighted by Gasteiger charge is 2.14. The van der Waals surface area contributed by atoms with Gasteiger partial charge in [0, 0.05) is 11.1 Å². The highest BCUT2D eigenvalue weighted by Crippen LogP contribution is 2.32. The van der Waals surface area contributed by atoms with E-state index in [2.05, 4.69) is 20.7 Å². The van der Waals surface area contributed by atoms with Gasteiger partial charge in [-0.1, -0.05) is 60.2 Å². The van der Waals surface area contributed by atoms with Crippen LogP contribution in [0.1, 0.15) is 27.2 Å². The first kappa shape index (κ1) is 24.6. The number of methoxy groups -OCH3 is 1. The molecule has 1 aromatic heterocycles. The Morgan fingerprint density at radius 3 is 2.66 bits per heavy atom. The molecule has 0 aliphatic carbocycles. The van der Waals surface area contributed by atoms with Crippen LogP contribution in [0.2, 0.25) is 0 Å². The van der Waals surface area contributed by atoms with Crippen LogP contribution in [0.25, 0.3) is 22.0 Å². The number of H-pyrrole nitrogens is 1. The number of phenolic OH excluding ortho intramolecular Hbond substituents is 1. The average Bonchev–Trinajstić information content (AvgIpc) is 3.44. The molecule has 4 aromatic carbocycles. The summed E-state index contributed by atoms with van der Waals surface area (Å²) in [5, 5.41) is 23.1. The number of amides is 1. The van der Waals surface area contributed by atoms with E-state index in [1.807, 2.05) is 79.7 Å². The second-order valence-electron chi connectivity index (χ2n) is 8.73. The van der Waals surface area contributed by atoms with E-state index < -0.39 is 5.91 Å². The van der Waals surface area contributed by atoms with Crippen molar-refractivity contribution in [1.29, 1.82) is 0 Å². The van der Waals surface area contributed by atoms with Crippen LogP contribution in [-0.4, -0.2) is 34.5 Å². The number of aromatic nitrogens is 2. The molecule has 0 fully saturated rings. The van der Waals surface area contributed by atoms with Crippen LogP contribution in [-0.2, 0) is 6.61 Å². The highest BCUT2D eigenvalue weighted by molar-refractivity contribution is 6.03. The molecule has 0 unspecified atom stereocenters. The Hall–Kier alpha value is -5.11. The minimum Gasteiger partial charge on any atom is -0.507 e. The van der Waals surface area contributed by atoms with E-state index in [0.717, 1.165) is 21.9 Å². The smallest absolute Gasteiger partial charge is 0.289 e. The minimum atomic E-state index is -0.468. The van der Waals surface area contributed by atoms with Crippen molar-refractivity contribution >= 4 is 22.9 Å². The molecule has 0 saturated carbocycles. The third-order valence-corrected chi connectivity index (χ3v) is 6.10. The number of hydrogen-bond acceptors (Lipinski definition) is 6. The van der Waals surface area contributed by atoms with Gasteiger partial charge in [0.25, 0.3) is 5.91 Å². The SMILES string of the molecule is COc1cc(-c2cc(C(=O)NN=Cc3c(O)ccc4ccccc34)[nH]n2)ccc1OCc1ccc(C)cc1. The Bertz CT molecular complexity index is 1620. The van der Waals surface area contributed by atoms with Crippen molar-refractivity contribution in [3.8, 4) is 28.5 Å². The molecular weight excluding hydrogens is 480 g/mol. The van der Waals surface area contributed by atoms with Crippen molar-refractivity contribution in [1.82, 2.24) is 15.6 Å². The molecule has 8 nitrogen and oxygen atoms in total. The number of benzene rings is 4. The number of aromatic amines is 1. The van der Waals surface area contributed by atoms with Crippen molar-refractivity contribution in [2.45, 2.75) is 13.5 Å². The van der Waals surface area contributed by atoms with Crippen LogP contribution in [0, 0.1) is 6.92 Å². The number of nitrogens with one attached hydrogen (secondary N) is 2. The zero-order valence-corrected chi connectivity index (χ0v) is 20.9. The second-order valence-corrected chi connectivity index (χ2v) is 8.73. The largest absolute Gasteiger partial charge is 0.507 e. The lowest BCUT2D eigenvalue weighted by atomic mass is 10.0. The van der Waals surface area contributed by atoms with Gasteiger partial charge in [0.05, 0.1) is 19.0 Å². The summed E-state index contributed by atoms with van der Waals surface area (Å²) in [5.74, 6) is 0.773. The van der Waals surface area contributed by atoms with Gasteiger partial charge in [-0.3, -0.25) is 9.89 Å². The van der Waals surface area contributed by atoms with E-state index >= 15 is 0 Å². The fourth-order valence-corrected chi connectivity index (χ4v) is 4.01. The molecule has 190 valence electrons. The van der Waals surface area contributed by atoms with Gasteiger partial charge in [0.1, 0.15) is 18.1 Å². The van der Waals surface area contributed by atoms with Crippen molar-refractivity contribution in [2.75, 3.05) is 7.11 Å². The number of phenols is 1. The van der Waals surface area contributed by atoms with Crippen LogP contribution in [0.15, 0.2) is 90.0 Å². The number of carbonyl (C=O) groups excluding carboxylic acids is 1. The Labute approximate surface area is 219 Å². The monoisotopic (exact) mass is 506 g/mol. The molecule has 0 bridgehead atoms. The van der Waals surface area contributed by atoms with Gasteiger partial charge in [-0.15, -0.1) is 0 Å². The Morgan fingerprint density at radius 2 is 1.84 bits per heavy atom. The molecule has 3 N–H and O–H groups in total. The standard InChI is InChI=1S/C30H26N4O4/c1-19-7-9-20(10-8-19)18-38-28-14-12-22(15-29(28)37-2)25-16-26(33-32-25)30(36)34-31-17-24-23-6-4-3-5-21(23)11-13-27(24)35/h3-17,35H,18H2,1-2H3,(H,32,33)(H,34,36). The molecule has 0 aliphatic heterocycles. The number of ether oxygens (including phenoxy) is 2. The first-order valence-electron chi connectivity index (χ1n) is 12.0. The highest BCUT2D eigenvalue weighted by atomic mass is 16.5. The average molecular weight is 507 g/mol. The molecule has 0 spiro atoms. The summed E-state index contributed by atoms with van der Waals surface area (Å²) in [7, 11) is 1.58. The zero-order chi connectivity index (χ0) is 26.5. The number of carbonyl (C=O) groups is 1. The number of aromatic hydroxyl groups is 1. The van der Waals surface area contributed by atoms with Gasteiger partial charge in [-0.2, -0.15) is 10.2 Å². The van der Waals surface area contributed by atoms with Gasteiger partial charge < -0.3 is 14.6 Å². The maximum absolute atomic E-state index is 12.6. The molecule has 5 rings (SSSR count). The third-order valence-electron chi connectivity index (χ3n) is 6.10. The van der Waals surface area contributed by atoms with Crippen molar-refractivity contribution in [2.24, 2.45) is 5.10 Å². The summed E-state index contributed by atoms with van der Waals surface area (Å²) in [6, 6.07) is 26.3. The summed E-state index contributed by atoms with van der Waals surface area (Å²) in [6.45, 7) is 2.46. The van der Waals surface area contributed by atoms with Gasteiger partial charge in [-0.05, 0) is 53.6 Å². The van der Waals surface area contributed by atoms with Crippen LogP contribution in [0.4, 0.5) is 0 Å². The molecule has 38 heavy (non-hydrogen) atoms. The van der Waals surface area contributed by atoms with E-state index in [1.54, 1.807) is 19.2 Å². The number of aryl methyl sites for hydroxylation is 1. The predicted octanol–water partition coefficient (Wildman–Crippen LogP) is 5.60. The molecule has 5 aromatic rings. The number of nitrogens with zero attached hydrogens (tertiary/aromatic N) is 2. The molecular formula is C30H26N4O4. The Morgan fingerprint density at radius 1 is 1.03 bits per heavy atom. The van der Waals surface area contributed by atoms with E-state index in [0.29, 0.717) is 29.4 Å². The van der Waals surface area contributed by atoms with E-state index in [-0.39, 0.29) is 11.4 Å². The maximum Gasteiger partial charge on any atom is 0.289 e. The molecule has 8 heteroatoms. The molecule has 0 aliphatic rings. The lowest BCUT2D eigenvalue weighted by Gasteiger charge is -2.12. The van der Waals surface area contributed by atoms with Gasteiger partial charge in [0.2, 0.25) is 0 Å². The summed E-state index contributed by atoms with van der Waals surface area (Å²) >= 11 is 0. The Balaban J connectivity index is 1.27. The summed E-state index contributed by atoms with van der Waals surface area (Å²) in [5.41, 5.74) is 6.80. The predicted molar refractivity (Wildman–Crippen MR) is 147 cm³/mol. The molecule has 1 heterocycles. The third kappa shape index (κ3) is 5.34. The first-order chi connectivity index (χ1) is 18.5. The van der Waals surface area contributed by atoms with E-state index in [9.17, 15) is 9.90 Å². The Kier molecular flexibility index (Phi) is 7.04. The van der Waals surface area contributed by atoms with E-state index in [4.69, 9.17) is 9.47 Å². The molecule has 0 radical (unpaired) electrons. The van der Waals surface area contributed by atoms with Crippen molar-refractivity contribution in [3.05, 3.63) is 107 Å². The topological polar surface area (TPSA) is 109 Å². The van der Waals surface area contributed by atoms with E-state index in [1.165, 1.54) is 11.8 Å². The second kappa shape index (κ2) is 10.9. The van der Waals surface area contributed by atoms with Crippen LogP contribution in [0.5, 0.6) is 17.2 Å². The minimum absolute atomic E-state index is 0.0748. The molecule has 1 amide bonds. The van der Waals surface area contributed by atoms with Crippen LogP contribution in [0.3, 0.4) is 0 Å². The number of rotatable bonds is 8. The number of hydrogen-bond donors (Lipinski definition) is 3. The fourth-order valence-electron chi connectivity index (χ4n) is 4.01. The first-order valence-corrected chi connectivity index (χ1v) is 12.0. The maximum atomic E-state index is 12.6. The zero-order valence-electron chi connectivity index (χ0n) is 20.9. The van der Waals surface area contributed by atoms with Gasteiger partial charge in [-0.25, -0.2) is 5.43 Å². The normalized spacial score (nSPS) is 11.1. The lowest BCUT2D eigenvalue weighted by Crippen LogP contribution is -2.18. The van der Waals surface area contributed by atoms with Crippen LogP contribution >= 0.6 is 0 Å². The lowest BCUT2D eigenvalue weighted by molar-refractivity contribution is 0.0950. The summed E-state index contributed by atoms with van der Waals surface area (Å²) < 4.78 is 11.5.